The standard InChI is InChI=1S/C56H60N8O/c1-4-6-22-39-62(55(65)57-45-30-18-11-19-31-45)46-37-38-50-52(40-46)63(53(58-50)36-7-5-2)51-35-23-34-47(41(51)3)48-32-20-21-33-49(48)54-59-60-61-64(54)56(42-24-12-8-13-25-42,43-26-14-9-15-27-43)44-28-16-10-17-29-44/h8-10,12-17,20-21,23-29,32-35,37-38,40,45H,4-7,11,18-19,22,30-31,36,39H2,1-3H3,(H,57,65). The van der Waals surface area contributed by atoms with Gasteiger partial charge in [-0.05, 0) is 101 Å². The predicted molar refractivity (Wildman–Crippen MR) is 264 cm³/mol. The van der Waals surface area contributed by atoms with E-state index in [2.05, 4.69) is 169 Å². The lowest BCUT2D eigenvalue weighted by atomic mass is 9.77. The minimum atomic E-state index is -0.897. The molecule has 2 amide bonds. The quantitative estimate of drug-likeness (QED) is 0.0771. The number of carbonyl (C=O) groups excluding carboxylic acids is 1. The maximum Gasteiger partial charge on any atom is 0.322 e. The Labute approximate surface area is 383 Å². The van der Waals surface area contributed by atoms with Crippen LogP contribution in [-0.4, -0.2) is 48.4 Å². The number of urea groups is 1. The van der Waals surface area contributed by atoms with Gasteiger partial charge in [0.15, 0.2) is 5.82 Å². The van der Waals surface area contributed by atoms with Crippen molar-refractivity contribution in [3.8, 4) is 28.2 Å². The van der Waals surface area contributed by atoms with Crippen LogP contribution < -0.4 is 10.2 Å². The van der Waals surface area contributed by atoms with Crippen LogP contribution in [0.25, 0.3) is 39.2 Å². The molecule has 0 unspecified atom stereocenters. The van der Waals surface area contributed by atoms with Gasteiger partial charge in [-0.2, -0.15) is 0 Å². The van der Waals surface area contributed by atoms with Crippen molar-refractivity contribution in [2.24, 2.45) is 0 Å². The number of hydrogen-bond donors (Lipinski definition) is 1. The van der Waals surface area contributed by atoms with Crippen LogP contribution in [0.3, 0.4) is 0 Å². The van der Waals surface area contributed by atoms with Gasteiger partial charge >= 0.3 is 6.03 Å². The van der Waals surface area contributed by atoms with Gasteiger partial charge in [0.2, 0.25) is 0 Å². The van der Waals surface area contributed by atoms with E-state index in [1.165, 1.54) is 19.3 Å². The summed E-state index contributed by atoms with van der Waals surface area (Å²) >= 11 is 0. The molecule has 1 fully saturated rings. The van der Waals surface area contributed by atoms with Gasteiger partial charge in [0.05, 0.1) is 16.7 Å². The van der Waals surface area contributed by atoms with Crippen LogP contribution >= 0.6 is 0 Å². The molecule has 1 aliphatic rings. The third-order valence-electron chi connectivity index (χ3n) is 13.3. The molecule has 330 valence electrons. The smallest absolute Gasteiger partial charge is 0.322 e. The number of hydrogen-bond acceptors (Lipinski definition) is 5. The van der Waals surface area contributed by atoms with Crippen LogP contribution in [0, 0.1) is 6.92 Å². The molecular formula is C56H60N8O. The highest BCUT2D eigenvalue weighted by Crippen LogP contribution is 2.44. The fourth-order valence-electron chi connectivity index (χ4n) is 9.98. The van der Waals surface area contributed by atoms with Gasteiger partial charge < -0.3 is 5.32 Å². The molecule has 2 heterocycles. The second-order valence-electron chi connectivity index (χ2n) is 17.5. The summed E-state index contributed by atoms with van der Waals surface area (Å²) in [4.78, 5) is 21.4. The van der Waals surface area contributed by atoms with Crippen LogP contribution in [0.4, 0.5) is 10.5 Å². The fraction of sp³-hybridized carbons (Fsp3) is 0.304. The summed E-state index contributed by atoms with van der Waals surface area (Å²) < 4.78 is 4.35. The van der Waals surface area contributed by atoms with E-state index >= 15 is 0 Å². The predicted octanol–water partition coefficient (Wildman–Crippen LogP) is 12.9. The Morgan fingerprint density at radius 2 is 1.31 bits per heavy atom. The highest BCUT2D eigenvalue weighted by atomic mass is 16.2. The van der Waals surface area contributed by atoms with Crippen molar-refractivity contribution in [2.75, 3.05) is 11.4 Å². The molecule has 1 saturated carbocycles. The normalized spacial score (nSPS) is 13.3. The Hall–Kier alpha value is -6.87. The van der Waals surface area contributed by atoms with E-state index in [9.17, 15) is 4.79 Å². The van der Waals surface area contributed by atoms with Crippen molar-refractivity contribution in [3.05, 3.63) is 180 Å². The zero-order chi connectivity index (χ0) is 44.6. The molecule has 0 saturated heterocycles. The number of rotatable bonds is 16. The number of benzene rings is 6. The Morgan fingerprint density at radius 3 is 1.95 bits per heavy atom. The summed E-state index contributed by atoms with van der Waals surface area (Å²) in [5.41, 5.74) is 10.2. The second kappa shape index (κ2) is 19.9. The molecule has 1 aliphatic carbocycles. The number of aromatic nitrogens is 6. The molecule has 0 bridgehead atoms. The van der Waals surface area contributed by atoms with Crippen molar-refractivity contribution < 1.29 is 4.79 Å². The molecule has 9 nitrogen and oxygen atoms in total. The van der Waals surface area contributed by atoms with Gasteiger partial charge in [0.1, 0.15) is 11.4 Å². The van der Waals surface area contributed by atoms with Crippen LogP contribution in [0.15, 0.2) is 152 Å². The minimum Gasteiger partial charge on any atom is -0.335 e. The number of aryl methyl sites for hydroxylation is 1. The summed E-state index contributed by atoms with van der Waals surface area (Å²) in [6.45, 7) is 7.31. The first-order valence-electron chi connectivity index (χ1n) is 23.8. The summed E-state index contributed by atoms with van der Waals surface area (Å²) in [5, 5.41) is 17.6. The van der Waals surface area contributed by atoms with Gasteiger partial charge in [-0.3, -0.25) is 9.47 Å². The Kier molecular flexibility index (Phi) is 13.3. The summed E-state index contributed by atoms with van der Waals surface area (Å²) in [5.74, 6) is 1.66. The van der Waals surface area contributed by atoms with Gasteiger partial charge in [-0.1, -0.05) is 180 Å². The van der Waals surface area contributed by atoms with Gasteiger partial charge in [0, 0.05) is 30.3 Å². The molecule has 0 radical (unpaired) electrons. The maximum absolute atomic E-state index is 14.1. The molecule has 2 aromatic heterocycles. The number of unbranched alkanes of at least 4 members (excludes halogenated alkanes) is 3. The van der Waals surface area contributed by atoms with E-state index in [1.54, 1.807) is 0 Å². The monoisotopic (exact) mass is 860 g/mol. The maximum atomic E-state index is 14.1. The first kappa shape index (κ1) is 43.4. The summed E-state index contributed by atoms with van der Waals surface area (Å²) in [7, 11) is 0. The van der Waals surface area contributed by atoms with E-state index in [0.29, 0.717) is 12.4 Å². The lowest BCUT2D eigenvalue weighted by Gasteiger charge is -2.36. The molecule has 6 aromatic carbocycles. The molecule has 9 rings (SSSR count). The highest BCUT2D eigenvalue weighted by Gasteiger charge is 2.42. The highest BCUT2D eigenvalue weighted by molar-refractivity contribution is 5.95. The molecule has 8 aromatic rings. The molecule has 0 atom stereocenters. The lowest BCUT2D eigenvalue weighted by Crippen LogP contribution is -2.46. The lowest BCUT2D eigenvalue weighted by molar-refractivity contribution is 0.238. The molecule has 1 N–H and O–H groups in total. The number of imidazole rings is 1. The number of fused-ring (bicyclic) bond motifs is 1. The van der Waals surface area contributed by atoms with E-state index in [0.717, 1.165) is 119 Å². The zero-order valence-corrected chi connectivity index (χ0v) is 38.0. The Morgan fingerprint density at radius 1 is 0.692 bits per heavy atom. The van der Waals surface area contributed by atoms with E-state index in [1.807, 2.05) is 27.8 Å². The molecular weight excluding hydrogens is 801 g/mol. The minimum absolute atomic E-state index is 0.00226. The first-order chi connectivity index (χ1) is 32.0. The number of carbonyl (C=O) groups is 1. The SMILES string of the molecule is CCCCCN(C(=O)NC1CCCCC1)c1ccc2nc(CCCC)n(-c3cccc(-c4ccccc4-c4nnnn4C(c4ccccc4)(c4ccccc4)c4ccccc4)c3C)c2c1. The second-order valence-corrected chi connectivity index (χ2v) is 17.5. The number of amides is 2. The van der Waals surface area contributed by atoms with Crippen LogP contribution in [-0.2, 0) is 12.0 Å². The van der Waals surface area contributed by atoms with Gasteiger partial charge in [0.25, 0.3) is 0 Å². The van der Waals surface area contributed by atoms with E-state index < -0.39 is 5.54 Å². The molecule has 0 aliphatic heterocycles. The average Bonchev–Trinajstić information content (AvgIpc) is 3.99. The molecule has 0 spiro atoms. The molecule has 9 heteroatoms. The summed E-state index contributed by atoms with van der Waals surface area (Å²) in [6, 6.07) is 53.2. The van der Waals surface area contributed by atoms with E-state index in [-0.39, 0.29) is 12.1 Å². The fourth-order valence-corrected chi connectivity index (χ4v) is 9.98. The van der Waals surface area contributed by atoms with E-state index in [4.69, 9.17) is 15.3 Å². The van der Waals surface area contributed by atoms with Crippen molar-refractivity contribution in [3.63, 3.8) is 0 Å². The Bertz CT molecular complexity index is 2730. The number of nitrogens with one attached hydrogen (secondary N) is 1. The Balaban J connectivity index is 1.19. The van der Waals surface area contributed by atoms with Gasteiger partial charge in [-0.15, -0.1) is 5.10 Å². The van der Waals surface area contributed by atoms with Crippen molar-refractivity contribution in [1.29, 1.82) is 0 Å². The van der Waals surface area contributed by atoms with Gasteiger partial charge in [-0.25, -0.2) is 14.5 Å². The van der Waals surface area contributed by atoms with Crippen LogP contribution in [0.2, 0.25) is 0 Å². The average molecular weight is 861 g/mol. The summed E-state index contributed by atoms with van der Waals surface area (Å²) in [6.07, 6.45) is 11.7. The van der Waals surface area contributed by atoms with Crippen LogP contribution in [0.5, 0.6) is 0 Å². The number of tetrazole rings is 1. The van der Waals surface area contributed by atoms with Crippen LogP contribution in [0.1, 0.15) is 106 Å². The molecule has 65 heavy (non-hydrogen) atoms. The number of anilines is 1. The van der Waals surface area contributed by atoms with Crippen molar-refractivity contribution in [2.45, 2.75) is 103 Å². The third-order valence-corrected chi connectivity index (χ3v) is 13.3. The topological polar surface area (TPSA) is 93.8 Å². The third kappa shape index (κ3) is 8.60. The van der Waals surface area contributed by atoms with Crippen molar-refractivity contribution in [1.82, 2.24) is 35.1 Å². The largest absolute Gasteiger partial charge is 0.335 e. The van der Waals surface area contributed by atoms with Crippen molar-refractivity contribution >= 4 is 22.8 Å². The number of nitrogens with zero attached hydrogens (tertiary/aromatic N) is 7. The first-order valence-corrected chi connectivity index (χ1v) is 23.8. The zero-order valence-electron chi connectivity index (χ0n) is 38.0.